The summed E-state index contributed by atoms with van der Waals surface area (Å²) in [5.41, 5.74) is 3.84. The van der Waals surface area contributed by atoms with Crippen LogP contribution in [0.25, 0.3) is 6.08 Å². The van der Waals surface area contributed by atoms with Gasteiger partial charge in [-0.05, 0) is 24.6 Å². The number of fused-ring (bicyclic) bond motifs is 1. The van der Waals surface area contributed by atoms with Crippen molar-refractivity contribution in [1.82, 2.24) is 0 Å². The minimum Gasteiger partial charge on any atom is -0.381 e. The maximum atomic E-state index is 3.31. The summed E-state index contributed by atoms with van der Waals surface area (Å²) in [5.74, 6) is 0. The number of nitrogens with one attached hydrogen (secondary N) is 1. The molecule has 1 aliphatic heterocycles. The molecule has 1 aliphatic rings. The third-order valence-electron chi connectivity index (χ3n) is 1.86. The number of rotatable bonds is 0. The highest BCUT2D eigenvalue weighted by atomic mass is 14.9. The van der Waals surface area contributed by atoms with E-state index in [1.165, 1.54) is 16.8 Å². The summed E-state index contributed by atoms with van der Waals surface area (Å²) >= 11 is 0. The van der Waals surface area contributed by atoms with Crippen molar-refractivity contribution in [2.45, 2.75) is 6.92 Å². The minimum absolute atomic E-state index is 0.963. The van der Waals surface area contributed by atoms with Crippen LogP contribution in [0.2, 0.25) is 0 Å². The Morgan fingerprint density at radius 2 is 2.45 bits per heavy atom. The summed E-state index contributed by atoms with van der Waals surface area (Å²) in [6.07, 6.45) is 2.21. The molecule has 1 aromatic carbocycles. The van der Waals surface area contributed by atoms with E-state index >= 15 is 0 Å². The first-order valence-electron chi connectivity index (χ1n) is 3.77. The van der Waals surface area contributed by atoms with Crippen molar-refractivity contribution in [2.24, 2.45) is 0 Å². The molecule has 1 nitrogen and oxygen atoms in total. The Balaban J connectivity index is 2.51. The lowest BCUT2D eigenvalue weighted by atomic mass is 10.1. The van der Waals surface area contributed by atoms with Crippen molar-refractivity contribution in [3.8, 4) is 0 Å². The fourth-order valence-corrected chi connectivity index (χ4v) is 1.27. The predicted octanol–water partition coefficient (Wildman–Crippen LogP) is 2.32. The quantitative estimate of drug-likeness (QED) is 0.589. The van der Waals surface area contributed by atoms with E-state index < -0.39 is 0 Å². The van der Waals surface area contributed by atoms with Crippen LogP contribution in [0.5, 0.6) is 0 Å². The van der Waals surface area contributed by atoms with Crippen LogP contribution in [0.4, 0.5) is 5.69 Å². The van der Waals surface area contributed by atoms with Crippen LogP contribution in [0.1, 0.15) is 12.5 Å². The second-order valence-corrected chi connectivity index (χ2v) is 2.86. The molecule has 1 heterocycles. The molecule has 1 N–H and O–H groups in total. The number of anilines is 1. The maximum absolute atomic E-state index is 3.31. The van der Waals surface area contributed by atoms with Crippen LogP contribution < -0.4 is 5.32 Å². The Morgan fingerprint density at radius 1 is 1.55 bits per heavy atom. The van der Waals surface area contributed by atoms with Crippen LogP contribution >= 0.6 is 0 Å². The maximum Gasteiger partial charge on any atom is 0.0422 e. The largest absolute Gasteiger partial charge is 0.381 e. The first-order valence-corrected chi connectivity index (χ1v) is 3.77. The minimum atomic E-state index is 0.963. The van der Waals surface area contributed by atoms with E-state index in [4.69, 9.17) is 0 Å². The molecule has 0 saturated carbocycles. The molecule has 0 spiro atoms. The van der Waals surface area contributed by atoms with Crippen molar-refractivity contribution in [3.63, 3.8) is 0 Å². The summed E-state index contributed by atoms with van der Waals surface area (Å²) in [7, 11) is 0. The second-order valence-electron chi connectivity index (χ2n) is 2.86. The van der Waals surface area contributed by atoms with Crippen LogP contribution in [0.15, 0.2) is 23.8 Å². The van der Waals surface area contributed by atoms with Crippen molar-refractivity contribution in [1.29, 1.82) is 0 Å². The molecule has 1 heteroatoms. The van der Waals surface area contributed by atoms with Crippen LogP contribution in [-0.2, 0) is 0 Å². The summed E-state index contributed by atoms with van der Waals surface area (Å²) < 4.78 is 0. The van der Waals surface area contributed by atoms with Crippen LogP contribution in [0, 0.1) is 6.07 Å². The van der Waals surface area contributed by atoms with Crippen molar-refractivity contribution >= 4 is 11.8 Å². The Labute approximate surface area is 66.7 Å². The van der Waals surface area contributed by atoms with E-state index in [-0.39, 0.29) is 0 Å². The fourth-order valence-electron chi connectivity index (χ4n) is 1.27. The molecule has 0 unspecified atom stereocenters. The standard InChI is InChI=1S/C10H10N/c1-8-6-9-4-2-3-5-10(9)11-7-8/h2,4-6,11H,7H2,1H3. The Kier molecular flexibility index (Phi) is 1.42. The molecule has 0 amide bonds. The highest BCUT2D eigenvalue weighted by Gasteiger charge is 2.03. The molecule has 11 heavy (non-hydrogen) atoms. The number of hydrogen-bond donors (Lipinski definition) is 1. The van der Waals surface area contributed by atoms with E-state index in [9.17, 15) is 0 Å². The number of hydrogen-bond acceptors (Lipinski definition) is 1. The number of benzene rings is 1. The van der Waals surface area contributed by atoms with Gasteiger partial charge in [-0.3, -0.25) is 0 Å². The third kappa shape index (κ3) is 1.14. The summed E-state index contributed by atoms with van der Waals surface area (Å²) in [6, 6.07) is 9.04. The lowest BCUT2D eigenvalue weighted by Crippen LogP contribution is -2.07. The summed E-state index contributed by atoms with van der Waals surface area (Å²) in [5, 5.41) is 3.31. The van der Waals surface area contributed by atoms with Gasteiger partial charge in [-0.2, -0.15) is 0 Å². The third-order valence-corrected chi connectivity index (χ3v) is 1.86. The Bertz CT molecular complexity index is 299. The summed E-state index contributed by atoms with van der Waals surface area (Å²) in [4.78, 5) is 0. The highest BCUT2D eigenvalue weighted by Crippen LogP contribution is 2.21. The summed E-state index contributed by atoms with van der Waals surface area (Å²) in [6.45, 7) is 3.09. The van der Waals surface area contributed by atoms with Gasteiger partial charge >= 0.3 is 0 Å². The van der Waals surface area contributed by atoms with Gasteiger partial charge in [0.2, 0.25) is 0 Å². The molecule has 0 fully saturated rings. The zero-order valence-corrected chi connectivity index (χ0v) is 6.52. The molecule has 0 atom stereocenters. The molecule has 1 radical (unpaired) electrons. The second kappa shape index (κ2) is 2.42. The van der Waals surface area contributed by atoms with Gasteiger partial charge in [0.25, 0.3) is 0 Å². The SMILES string of the molecule is CC1=Cc2cc[c]cc2NC1. The first-order chi connectivity index (χ1) is 5.36. The average Bonchev–Trinajstić information content (AvgIpc) is 2.04. The molecular formula is C10H10N. The van der Waals surface area contributed by atoms with Crippen molar-refractivity contribution in [3.05, 3.63) is 35.4 Å². The van der Waals surface area contributed by atoms with E-state index in [0.717, 1.165) is 6.54 Å². The van der Waals surface area contributed by atoms with Gasteiger partial charge in [-0.1, -0.05) is 23.8 Å². The van der Waals surface area contributed by atoms with E-state index in [2.05, 4.69) is 30.4 Å². The van der Waals surface area contributed by atoms with E-state index in [1.807, 2.05) is 12.1 Å². The molecule has 0 aliphatic carbocycles. The molecule has 0 bridgehead atoms. The lowest BCUT2D eigenvalue weighted by molar-refractivity contribution is 1.19. The fraction of sp³-hybridized carbons (Fsp3) is 0.200. The molecule has 2 rings (SSSR count). The monoisotopic (exact) mass is 144 g/mol. The average molecular weight is 144 g/mol. The lowest BCUT2D eigenvalue weighted by Gasteiger charge is -2.15. The Hall–Kier alpha value is -1.24. The van der Waals surface area contributed by atoms with Gasteiger partial charge in [0.15, 0.2) is 0 Å². The highest BCUT2D eigenvalue weighted by molar-refractivity contribution is 5.71. The molecular weight excluding hydrogens is 134 g/mol. The van der Waals surface area contributed by atoms with Gasteiger partial charge < -0.3 is 5.32 Å². The van der Waals surface area contributed by atoms with Crippen LogP contribution in [-0.4, -0.2) is 6.54 Å². The Morgan fingerprint density at radius 3 is 3.36 bits per heavy atom. The smallest absolute Gasteiger partial charge is 0.0422 e. The first kappa shape index (κ1) is 6.47. The van der Waals surface area contributed by atoms with Crippen molar-refractivity contribution in [2.75, 3.05) is 11.9 Å². The van der Waals surface area contributed by atoms with Crippen LogP contribution in [0.3, 0.4) is 0 Å². The van der Waals surface area contributed by atoms with E-state index in [1.54, 1.807) is 0 Å². The molecule has 1 aromatic rings. The van der Waals surface area contributed by atoms with E-state index in [0.29, 0.717) is 0 Å². The molecule has 0 aromatic heterocycles. The van der Waals surface area contributed by atoms with Gasteiger partial charge in [0, 0.05) is 12.2 Å². The topological polar surface area (TPSA) is 12.0 Å². The van der Waals surface area contributed by atoms with Gasteiger partial charge in [-0.15, -0.1) is 0 Å². The zero-order chi connectivity index (χ0) is 7.68. The van der Waals surface area contributed by atoms with Gasteiger partial charge in [0.1, 0.15) is 0 Å². The normalized spacial score (nSPS) is 14.8. The van der Waals surface area contributed by atoms with Crippen molar-refractivity contribution < 1.29 is 0 Å². The molecule has 55 valence electrons. The predicted molar refractivity (Wildman–Crippen MR) is 47.4 cm³/mol. The molecule has 0 saturated heterocycles. The van der Waals surface area contributed by atoms with Gasteiger partial charge in [-0.25, -0.2) is 0 Å². The van der Waals surface area contributed by atoms with Gasteiger partial charge in [0.05, 0.1) is 0 Å². The zero-order valence-electron chi connectivity index (χ0n) is 6.52.